The highest BCUT2D eigenvalue weighted by atomic mass is 16.5. The maximum Gasteiger partial charge on any atom is 0.248 e. The normalized spacial score (nSPS) is 19.6. The topological polar surface area (TPSA) is 41.6 Å². The molecule has 4 heteroatoms. The minimum absolute atomic E-state index is 0.0806. The van der Waals surface area contributed by atoms with Crippen molar-refractivity contribution in [2.75, 3.05) is 32.1 Å². The van der Waals surface area contributed by atoms with Crippen molar-refractivity contribution >= 4 is 11.6 Å². The number of para-hydroxylation sites is 1. The number of hydrogen-bond donors (Lipinski definition) is 1. The molecule has 0 spiro atoms. The van der Waals surface area contributed by atoms with Gasteiger partial charge < -0.3 is 15.0 Å². The van der Waals surface area contributed by atoms with Crippen LogP contribution in [0.4, 0.5) is 5.69 Å². The molecule has 2 rings (SSSR count). The minimum atomic E-state index is 0.0806. The predicted octanol–water partition coefficient (Wildman–Crippen LogP) is 1.74. The number of carbonyl (C=O) groups excluding carboxylic acids is 1. The number of hydrogen-bond acceptors (Lipinski definition) is 3. The third-order valence-corrected chi connectivity index (χ3v) is 3.19. The van der Waals surface area contributed by atoms with Gasteiger partial charge in [-0.2, -0.15) is 0 Å². The van der Waals surface area contributed by atoms with Gasteiger partial charge in [-0.25, -0.2) is 0 Å². The first-order valence-electron chi connectivity index (χ1n) is 6.38. The summed E-state index contributed by atoms with van der Waals surface area (Å²) in [4.78, 5) is 13.7. The van der Waals surface area contributed by atoms with E-state index in [2.05, 4.69) is 17.4 Å². The van der Waals surface area contributed by atoms with Gasteiger partial charge in [-0.05, 0) is 25.0 Å². The molecule has 1 aromatic carbocycles. The second kappa shape index (κ2) is 6.40. The van der Waals surface area contributed by atoms with E-state index < -0.39 is 0 Å². The van der Waals surface area contributed by atoms with Gasteiger partial charge in [0.1, 0.15) is 6.61 Å². The van der Waals surface area contributed by atoms with Crippen LogP contribution in [0.3, 0.4) is 0 Å². The lowest BCUT2D eigenvalue weighted by molar-refractivity contribution is -0.136. The van der Waals surface area contributed by atoms with Gasteiger partial charge in [0.15, 0.2) is 0 Å². The molecule has 0 radical (unpaired) electrons. The molecule has 0 bridgehead atoms. The number of anilines is 1. The summed E-state index contributed by atoms with van der Waals surface area (Å²) in [6.45, 7) is 1.78. The SMILES string of the molecule is COCC(=O)N1CCC[C@@H](Nc2ccccc2)C1. The molecule has 1 heterocycles. The van der Waals surface area contributed by atoms with Gasteiger partial charge in [0.25, 0.3) is 0 Å². The molecule has 1 aromatic rings. The van der Waals surface area contributed by atoms with Crippen LogP contribution < -0.4 is 5.32 Å². The van der Waals surface area contributed by atoms with Gasteiger partial charge >= 0.3 is 0 Å². The lowest BCUT2D eigenvalue weighted by atomic mass is 10.1. The van der Waals surface area contributed by atoms with Crippen molar-refractivity contribution in [3.05, 3.63) is 30.3 Å². The Morgan fingerprint density at radius 3 is 2.94 bits per heavy atom. The van der Waals surface area contributed by atoms with Crippen LogP contribution in [-0.4, -0.2) is 43.7 Å². The lowest BCUT2D eigenvalue weighted by Gasteiger charge is -2.33. The van der Waals surface area contributed by atoms with Gasteiger partial charge in [0.2, 0.25) is 5.91 Å². The zero-order valence-corrected chi connectivity index (χ0v) is 10.8. The largest absolute Gasteiger partial charge is 0.381 e. The molecule has 1 fully saturated rings. The van der Waals surface area contributed by atoms with E-state index in [-0.39, 0.29) is 12.5 Å². The fourth-order valence-electron chi connectivity index (χ4n) is 2.31. The zero-order valence-electron chi connectivity index (χ0n) is 10.8. The fourth-order valence-corrected chi connectivity index (χ4v) is 2.31. The smallest absolute Gasteiger partial charge is 0.248 e. The average Bonchev–Trinajstić information content (AvgIpc) is 2.40. The Bertz CT molecular complexity index is 381. The zero-order chi connectivity index (χ0) is 12.8. The summed E-state index contributed by atoms with van der Waals surface area (Å²) in [6.07, 6.45) is 2.14. The first kappa shape index (κ1) is 12.9. The highest BCUT2D eigenvalue weighted by molar-refractivity contribution is 5.77. The molecule has 18 heavy (non-hydrogen) atoms. The maximum atomic E-state index is 11.8. The van der Waals surface area contributed by atoms with Crippen LogP contribution >= 0.6 is 0 Å². The monoisotopic (exact) mass is 248 g/mol. The molecule has 98 valence electrons. The summed E-state index contributed by atoms with van der Waals surface area (Å²) in [5, 5.41) is 3.47. The van der Waals surface area contributed by atoms with Crippen LogP contribution in [0.5, 0.6) is 0 Å². The fraction of sp³-hybridized carbons (Fsp3) is 0.500. The number of piperidine rings is 1. The first-order valence-corrected chi connectivity index (χ1v) is 6.38. The molecule has 1 atom stereocenters. The van der Waals surface area contributed by atoms with Gasteiger partial charge in [-0.3, -0.25) is 4.79 Å². The predicted molar refractivity (Wildman–Crippen MR) is 71.5 cm³/mol. The van der Waals surface area contributed by atoms with Gasteiger partial charge in [-0.1, -0.05) is 18.2 Å². The number of benzene rings is 1. The molecule has 0 aromatic heterocycles. The van der Waals surface area contributed by atoms with Crippen molar-refractivity contribution in [1.29, 1.82) is 0 Å². The lowest BCUT2D eigenvalue weighted by Crippen LogP contribution is -2.46. The van der Waals surface area contributed by atoms with Crippen LogP contribution in [0.15, 0.2) is 30.3 Å². The molecule has 0 saturated carbocycles. The van der Waals surface area contributed by atoms with E-state index in [1.807, 2.05) is 23.1 Å². The van der Waals surface area contributed by atoms with Crippen molar-refractivity contribution in [1.82, 2.24) is 4.90 Å². The number of carbonyl (C=O) groups is 1. The van der Waals surface area contributed by atoms with Gasteiger partial charge in [-0.15, -0.1) is 0 Å². The third-order valence-electron chi connectivity index (χ3n) is 3.19. The highest BCUT2D eigenvalue weighted by Crippen LogP contribution is 2.15. The van der Waals surface area contributed by atoms with Crippen LogP contribution in [0.2, 0.25) is 0 Å². The number of methoxy groups -OCH3 is 1. The summed E-state index contributed by atoms with van der Waals surface area (Å²) < 4.78 is 4.90. The molecule has 1 N–H and O–H groups in total. The first-order chi connectivity index (χ1) is 8.79. The molecule has 1 amide bonds. The molecule has 1 saturated heterocycles. The Hall–Kier alpha value is -1.55. The number of nitrogens with one attached hydrogen (secondary N) is 1. The quantitative estimate of drug-likeness (QED) is 0.882. The molecule has 0 aliphatic carbocycles. The van der Waals surface area contributed by atoms with Crippen molar-refractivity contribution in [3.63, 3.8) is 0 Å². The second-order valence-corrected chi connectivity index (χ2v) is 4.62. The summed E-state index contributed by atoms with van der Waals surface area (Å²) >= 11 is 0. The van der Waals surface area contributed by atoms with E-state index in [0.29, 0.717) is 6.04 Å². The summed E-state index contributed by atoms with van der Waals surface area (Å²) in [7, 11) is 1.56. The molecular formula is C14H20N2O2. The Labute approximate surface area is 108 Å². The van der Waals surface area contributed by atoms with E-state index in [1.165, 1.54) is 0 Å². The third kappa shape index (κ3) is 3.47. The molecule has 4 nitrogen and oxygen atoms in total. The van der Waals surface area contributed by atoms with Gasteiger partial charge in [0.05, 0.1) is 0 Å². The summed E-state index contributed by atoms with van der Waals surface area (Å²) in [5.74, 6) is 0.0806. The highest BCUT2D eigenvalue weighted by Gasteiger charge is 2.23. The van der Waals surface area contributed by atoms with Crippen molar-refractivity contribution in [2.45, 2.75) is 18.9 Å². The summed E-state index contributed by atoms with van der Waals surface area (Å²) in [6, 6.07) is 10.5. The van der Waals surface area contributed by atoms with E-state index in [1.54, 1.807) is 7.11 Å². The number of amides is 1. The van der Waals surface area contributed by atoms with Crippen LogP contribution in [-0.2, 0) is 9.53 Å². The van der Waals surface area contributed by atoms with Crippen molar-refractivity contribution in [2.24, 2.45) is 0 Å². The molecule has 0 unspecified atom stereocenters. The summed E-state index contributed by atoms with van der Waals surface area (Å²) in [5.41, 5.74) is 1.11. The number of likely N-dealkylation sites (tertiary alicyclic amines) is 1. The number of ether oxygens (including phenoxy) is 1. The molecule has 1 aliphatic rings. The maximum absolute atomic E-state index is 11.8. The minimum Gasteiger partial charge on any atom is -0.381 e. The van der Waals surface area contributed by atoms with Crippen LogP contribution in [0.25, 0.3) is 0 Å². The Kier molecular flexibility index (Phi) is 4.59. The Balaban J connectivity index is 1.89. The van der Waals surface area contributed by atoms with Crippen LogP contribution in [0, 0.1) is 0 Å². The number of nitrogens with zero attached hydrogens (tertiary/aromatic N) is 1. The van der Waals surface area contributed by atoms with Crippen molar-refractivity contribution in [3.8, 4) is 0 Å². The van der Waals surface area contributed by atoms with E-state index >= 15 is 0 Å². The van der Waals surface area contributed by atoms with Crippen LogP contribution in [0.1, 0.15) is 12.8 Å². The standard InChI is InChI=1S/C14H20N2O2/c1-18-11-14(17)16-9-5-8-13(10-16)15-12-6-3-2-4-7-12/h2-4,6-7,13,15H,5,8-11H2,1H3/t13-/m1/s1. The van der Waals surface area contributed by atoms with E-state index in [4.69, 9.17) is 4.74 Å². The van der Waals surface area contributed by atoms with Crippen molar-refractivity contribution < 1.29 is 9.53 Å². The van der Waals surface area contributed by atoms with Gasteiger partial charge in [0, 0.05) is 31.9 Å². The van der Waals surface area contributed by atoms with E-state index in [0.717, 1.165) is 31.6 Å². The Morgan fingerprint density at radius 2 is 2.22 bits per heavy atom. The molecular weight excluding hydrogens is 228 g/mol. The number of rotatable bonds is 4. The average molecular weight is 248 g/mol. The second-order valence-electron chi connectivity index (χ2n) is 4.62. The Morgan fingerprint density at radius 1 is 1.44 bits per heavy atom. The molecule has 1 aliphatic heterocycles. The van der Waals surface area contributed by atoms with E-state index in [9.17, 15) is 4.79 Å².